The molecule has 7 nitrogen and oxygen atoms in total. The molecule has 1 N–H and O–H groups in total. The van der Waals surface area contributed by atoms with Crippen LogP contribution in [0.4, 0.5) is 0 Å². The molecule has 0 spiro atoms. The van der Waals surface area contributed by atoms with Gasteiger partial charge >= 0.3 is 0 Å². The van der Waals surface area contributed by atoms with Crippen molar-refractivity contribution in [2.75, 3.05) is 13.2 Å². The Morgan fingerprint density at radius 3 is 3.19 bits per heavy atom. The van der Waals surface area contributed by atoms with Gasteiger partial charge in [0.25, 0.3) is 0 Å². The summed E-state index contributed by atoms with van der Waals surface area (Å²) in [5, 5.41) is 11.7. The van der Waals surface area contributed by atoms with Crippen LogP contribution in [0, 0.1) is 6.92 Å². The molecule has 1 fully saturated rings. The molecule has 0 aromatic carbocycles. The Morgan fingerprint density at radius 1 is 1.57 bits per heavy atom. The number of amides is 1. The molecule has 3 heterocycles. The lowest BCUT2D eigenvalue weighted by atomic mass is 10.2. The van der Waals surface area contributed by atoms with Gasteiger partial charge in [0, 0.05) is 26.7 Å². The maximum atomic E-state index is 11.8. The molecule has 0 radical (unpaired) electrons. The van der Waals surface area contributed by atoms with Crippen LogP contribution < -0.4 is 5.32 Å². The molecule has 3 rings (SSSR count). The van der Waals surface area contributed by atoms with E-state index in [1.807, 2.05) is 29.5 Å². The lowest BCUT2D eigenvalue weighted by Gasteiger charge is -2.10. The van der Waals surface area contributed by atoms with Crippen LogP contribution in [0.25, 0.3) is 11.0 Å². The minimum absolute atomic E-state index is 0.00988. The van der Waals surface area contributed by atoms with Crippen LogP contribution in [-0.2, 0) is 23.1 Å². The summed E-state index contributed by atoms with van der Waals surface area (Å²) in [5.41, 5.74) is 3.09. The average Bonchev–Trinajstić information content (AvgIpc) is 3.15. The first-order valence-electron chi connectivity index (χ1n) is 7.41. The summed E-state index contributed by atoms with van der Waals surface area (Å²) in [7, 11) is 1.92. The zero-order valence-electron chi connectivity index (χ0n) is 12.5. The predicted molar refractivity (Wildman–Crippen MR) is 77.8 cm³/mol. The normalized spacial score (nSPS) is 18.5. The Bertz CT molecular complexity index is 639. The number of fused-ring (bicyclic) bond motifs is 1. The molecule has 0 saturated carbocycles. The van der Waals surface area contributed by atoms with Crippen LogP contribution >= 0.6 is 0 Å². The molecule has 0 aliphatic carbocycles. The van der Waals surface area contributed by atoms with Crippen molar-refractivity contribution in [3.63, 3.8) is 0 Å². The summed E-state index contributed by atoms with van der Waals surface area (Å²) in [6.07, 6.45) is 4.23. The van der Waals surface area contributed by atoms with Crippen molar-refractivity contribution in [2.24, 2.45) is 7.05 Å². The number of ether oxygens (including phenoxy) is 1. The first-order chi connectivity index (χ1) is 10.2. The van der Waals surface area contributed by atoms with E-state index >= 15 is 0 Å². The number of rotatable bonds is 5. The van der Waals surface area contributed by atoms with Crippen molar-refractivity contribution >= 4 is 16.9 Å². The molecular formula is C14H21N5O2. The van der Waals surface area contributed by atoms with E-state index in [9.17, 15) is 4.79 Å². The fraction of sp³-hybridized carbons (Fsp3) is 0.643. The molecule has 0 unspecified atom stereocenters. The lowest BCUT2D eigenvalue weighted by molar-refractivity contribution is -0.130. The Morgan fingerprint density at radius 2 is 2.43 bits per heavy atom. The second-order valence-electron chi connectivity index (χ2n) is 5.46. The molecule has 21 heavy (non-hydrogen) atoms. The fourth-order valence-electron chi connectivity index (χ4n) is 2.82. The monoisotopic (exact) mass is 291 g/mol. The van der Waals surface area contributed by atoms with Crippen molar-refractivity contribution in [1.82, 2.24) is 24.9 Å². The smallest absolute Gasteiger partial charge is 0.249 e. The van der Waals surface area contributed by atoms with Gasteiger partial charge in [-0.1, -0.05) is 0 Å². The average molecular weight is 291 g/mol. The molecule has 114 valence electrons. The number of hydrogen-bond acceptors (Lipinski definition) is 4. The molecule has 1 saturated heterocycles. The fourth-order valence-corrected chi connectivity index (χ4v) is 2.82. The van der Waals surface area contributed by atoms with E-state index in [4.69, 9.17) is 4.74 Å². The zero-order valence-corrected chi connectivity index (χ0v) is 12.5. The summed E-state index contributed by atoms with van der Waals surface area (Å²) in [6.45, 7) is 4.09. The van der Waals surface area contributed by atoms with Crippen molar-refractivity contribution in [2.45, 2.75) is 38.8 Å². The van der Waals surface area contributed by atoms with Gasteiger partial charge in [-0.05, 0) is 26.2 Å². The number of carbonyl (C=O) groups excluding carboxylic acids is 1. The van der Waals surface area contributed by atoms with E-state index < -0.39 is 0 Å². The van der Waals surface area contributed by atoms with Crippen LogP contribution in [0.15, 0.2) is 6.20 Å². The number of nitrogens with zero attached hydrogens (tertiary/aromatic N) is 4. The van der Waals surface area contributed by atoms with E-state index in [2.05, 4.69) is 15.5 Å². The Kier molecular flexibility index (Phi) is 3.92. The largest absolute Gasteiger partial charge is 0.368 e. The van der Waals surface area contributed by atoms with Gasteiger partial charge in [-0.15, -0.1) is 0 Å². The van der Waals surface area contributed by atoms with Crippen LogP contribution in [-0.4, -0.2) is 44.7 Å². The molecule has 1 aliphatic heterocycles. The molecular weight excluding hydrogens is 270 g/mol. The van der Waals surface area contributed by atoms with Gasteiger partial charge in [0.1, 0.15) is 17.1 Å². The van der Waals surface area contributed by atoms with E-state index in [1.54, 1.807) is 0 Å². The quantitative estimate of drug-likeness (QED) is 0.826. The van der Waals surface area contributed by atoms with Crippen molar-refractivity contribution < 1.29 is 9.53 Å². The zero-order chi connectivity index (χ0) is 14.8. The van der Waals surface area contributed by atoms with Crippen molar-refractivity contribution in [3.8, 4) is 0 Å². The highest BCUT2D eigenvalue weighted by Crippen LogP contribution is 2.16. The number of aryl methyl sites for hydroxylation is 3. The van der Waals surface area contributed by atoms with Gasteiger partial charge in [-0.3, -0.25) is 14.2 Å². The van der Waals surface area contributed by atoms with E-state index in [-0.39, 0.29) is 12.0 Å². The molecule has 7 heteroatoms. The van der Waals surface area contributed by atoms with Crippen LogP contribution in [0.5, 0.6) is 0 Å². The van der Waals surface area contributed by atoms with Gasteiger partial charge in [-0.2, -0.15) is 10.2 Å². The van der Waals surface area contributed by atoms with Gasteiger partial charge in [0.15, 0.2) is 0 Å². The second-order valence-corrected chi connectivity index (χ2v) is 5.46. The number of aromatic nitrogens is 4. The third-order valence-electron chi connectivity index (χ3n) is 3.88. The van der Waals surface area contributed by atoms with Crippen LogP contribution in [0.1, 0.15) is 25.0 Å². The third-order valence-corrected chi connectivity index (χ3v) is 3.88. The van der Waals surface area contributed by atoms with E-state index in [0.717, 1.165) is 42.5 Å². The van der Waals surface area contributed by atoms with Gasteiger partial charge in [0.05, 0.1) is 11.9 Å². The maximum absolute atomic E-state index is 11.8. The van der Waals surface area contributed by atoms with Gasteiger partial charge in [0.2, 0.25) is 5.91 Å². The summed E-state index contributed by atoms with van der Waals surface area (Å²) < 4.78 is 9.15. The number of nitrogens with one attached hydrogen (secondary N) is 1. The predicted octanol–water partition coefficient (Wildman–Crippen LogP) is 0.764. The summed E-state index contributed by atoms with van der Waals surface area (Å²) >= 11 is 0. The first-order valence-corrected chi connectivity index (χ1v) is 7.41. The molecule has 1 amide bonds. The Hall–Kier alpha value is -1.89. The molecule has 2 aromatic rings. The highest BCUT2D eigenvalue weighted by Gasteiger charge is 2.22. The van der Waals surface area contributed by atoms with E-state index in [1.165, 1.54) is 0 Å². The highest BCUT2D eigenvalue weighted by molar-refractivity contribution is 5.81. The van der Waals surface area contributed by atoms with E-state index in [0.29, 0.717) is 13.2 Å². The Balaban J connectivity index is 1.51. The van der Waals surface area contributed by atoms with Crippen molar-refractivity contribution in [3.05, 3.63) is 11.9 Å². The minimum Gasteiger partial charge on any atom is -0.368 e. The molecule has 2 aromatic heterocycles. The molecule has 0 bridgehead atoms. The Labute approximate surface area is 123 Å². The lowest BCUT2D eigenvalue weighted by Crippen LogP contribution is -2.35. The summed E-state index contributed by atoms with van der Waals surface area (Å²) in [4.78, 5) is 11.8. The summed E-state index contributed by atoms with van der Waals surface area (Å²) in [6, 6.07) is 0. The maximum Gasteiger partial charge on any atom is 0.249 e. The summed E-state index contributed by atoms with van der Waals surface area (Å²) in [5.74, 6) is 0.00988. The second kappa shape index (κ2) is 5.85. The minimum atomic E-state index is -0.248. The third kappa shape index (κ3) is 2.78. The number of carbonyl (C=O) groups is 1. The van der Waals surface area contributed by atoms with Gasteiger partial charge < -0.3 is 10.1 Å². The van der Waals surface area contributed by atoms with Gasteiger partial charge in [-0.25, -0.2) is 0 Å². The topological polar surface area (TPSA) is 74.0 Å². The van der Waals surface area contributed by atoms with Crippen LogP contribution in [0.2, 0.25) is 0 Å². The molecule has 1 aliphatic rings. The first kappa shape index (κ1) is 14.1. The molecule has 1 atom stereocenters. The van der Waals surface area contributed by atoms with Crippen LogP contribution in [0.3, 0.4) is 0 Å². The highest BCUT2D eigenvalue weighted by atomic mass is 16.5. The number of hydrogen-bond donors (Lipinski definition) is 1. The standard InChI is InChI=1S/C14H21N5O2/c1-10-13-11(18(2)17-10)9-16-19(13)7-4-6-15-14(20)12-5-3-8-21-12/h9,12H,3-8H2,1-2H3,(H,15,20)/t12-/m0/s1. The van der Waals surface area contributed by atoms with Crippen molar-refractivity contribution in [1.29, 1.82) is 0 Å². The SMILES string of the molecule is Cc1nn(C)c2cnn(CCCNC(=O)[C@@H]3CCCO3)c12.